The second-order valence-corrected chi connectivity index (χ2v) is 7.51. The van der Waals surface area contributed by atoms with Crippen molar-refractivity contribution in [3.8, 4) is 0 Å². The number of carbonyl (C=O) groups excluding carboxylic acids is 1. The lowest BCUT2D eigenvalue weighted by molar-refractivity contribution is -0.384. The van der Waals surface area contributed by atoms with Gasteiger partial charge in [0.2, 0.25) is 0 Å². The van der Waals surface area contributed by atoms with Gasteiger partial charge in [-0.05, 0) is 35.1 Å². The number of nitro groups is 1. The van der Waals surface area contributed by atoms with Crippen LogP contribution in [0.25, 0.3) is 0 Å². The molecule has 0 aromatic heterocycles. The molecular formula is C19H19ClN2O4. The minimum atomic E-state index is -0.478. The summed E-state index contributed by atoms with van der Waals surface area (Å²) in [6.07, 6.45) is 0.660. The van der Waals surface area contributed by atoms with Crippen LogP contribution in [0.2, 0.25) is 5.02 Å². The fraction of sp³-hybridized carbons (Fsp3) is 0.316. The van der Waals surface area contributed by atoms with Crippen LogP contribution in [0.1, 0.15) is 41.4 Å². The highest BCUT2D eigenvalue weighted by Crippen LogP contribution is 2.47. The molecule has 1 aliphatic rings. The van der Waals surface area contributed by atoms with Gasteiger partial charge in [0.1, 0.15) is 0 Å². The van der Waals surface area contributed by atoms with Gasteiger partial charge >= 0.3 is 5.97 Å². The van der Waals surface area contributed by atoms with E-state index in [1.54, 1.807) is 18.2 Å². The van der Waals surface area contributed by atoms with Gasteiger partial charge < -0.3 is 10.1 Å². The highest BCUT2D eigenvalue weighted by molar-refractivity contribution is 6.31. The van der Waals surface area contributed by atoms with Crippen LogP contribution >= 0.6 is 11.6 Å². The van der Waals surface area contributed by atoms with Crippen molar-refractivity contribution >= 4 is 28.9 Å². The zero-order valence-corrected chi connectivity index (χ0v) is 15.5. The summed E-state index contributed by atoms with van der Waals surface area (Å²) in [4.78, 5) is 22.9. The largest absolute Gasteiger partial charge is 0.465 e. The predicted molar refractivity (Wildman–Crippen MR) is 99.7 cm³/mol. The Morgan fingerprint density at radius 3 is 2.73 bits per heavy atom. The van der Waals surface area contributed by atoms with Gasteiger partial charge in [-0.2, -0.15) is 0 Å². The molecule has 0 spiro atoms. The summed E-state index contributed by atoms with van der Waals surface area (Å²) < 4.78 is 4.87. The average Bonchev–Trinajstić information content (AvgIpc) is 2.59. The fourth-order valence-electron chi connectivity index (χ4n) is 3.53. The number of hydrogen-bond acceptors (Lipinski definition) is 5. The van der Waals surface area contributed by atoms with Crippen LogP contribution in [0.3, 0.4) is 0 Å². The first kappa shape index (κ1) is 18.2. The summed E-state index contributed by atoms with van der Waals surface area (Å²) in [5.74, 6) is -0.478. The second kappa shape index (κ2) is 6.61. The molecule has 1 N–H and O–H groups in total. The number of hydrogen-bond donors (Lipinski definition) is 1. The molecule has 1 unspecified atom stereocenters. The van der Waals surface area contributed by atoms with Gasteiger partial charge in [-0.3, -0.25) is 10.1 Å². The first-order chi connectivity index (χ1) is 12.2. The lowest BCUT2D eigenvalue weighted by Crippen LogP contribution is -2.35. The monoisotopic (exact) mass is 374 g/mol. The van der Waals surface area contributed by atoms with Crippen LogP contribution in [-0.4, -0.2) is 18.0 Å². The number of carbonyl (C=O) groups is 1. The Labute approximate surface area is 156 Å². The van der Waals surface area contributed by atoms with Crippen LogP contribution in [0.4, 0.5) is 11.4 Å². The minimum Gasteiger partial charge on any atom is -0.465 e. The quantitative estimate of drug-likeness (QED) is 0.475. The number of nitrogens with one attached hydrogen (secondary N) is 1. The number of halogens is 1. The minimum absolute atomic E-state index is 0.0372. The van der Waals surface area contributed by atoms with Crippen molar-refractivity contribution in [1.29, 1.82) is 0 Å². The standard InChI is InChI=1S/C19H19ClN2O4/c1-19(2)10-12-7-13(20)9-15(18(23)26-3)16(12)21-17(19)11-5-4-6-14(8-11)22(24)25/h4-9,17,21H,10H2,1-3H3. The normalized spacial score (nSPS) is 17.8. The van der Waals surface area contributed by atoms with Crippen molar-refractivity contribution in [2.45, 2.75) is 26.3 Å². The predicted octanol–water partition coefficient (Wildman–Crippen LogP) is 4.77. The van der Waals surface area contributed by atoms with Crippen molar-refractivity contribution < 1.29 is 14.5 Å². The molecule has 0 aliphatic carbocycles. The highest BCUT2D eigenvalue weighted by atomic mass is 35.5. The number of nitrogens with zero attached hydrogens (tertiary/aromatic N) is 1. The molecule has 0 saturated heterocycles. The Balaban J connectivity index is 2.11. The fourth-order valence-corrected chi connectivity index (χ4v) is 3.77. The van der Waals surface area contributed by atoms with Crippen LogP contribution in [-0.2, 0) is 11.2 Å². The maximum Gasteiger partial charge on any atom is 0.340 e. The summed E-state index contributed by atoms with van der Waals surface area (Å²) in [7, 11) is 1.32. The molecule has 3 rings (SSSR count). The Hall–Kier alpha value is -2.60. The molecule has 1 aliphatic heterocycles. The van der Waals surface area contributed by atoms with E-state index >= 15 is 0 Å². The Bertz CT molecular complexity index is 895. The third-order valence-corrected chi connectivity index (χ3v) is 4.94. The molecule has 0 radical (unpaired) electrons. The summed E-state index contributed by atoms with van der Waals surface area (Å²) in [6.45, 7) is 4.15. The number of esters is 1. The maximum atomic E-state index is 12.2. The van der Waals surface area contributed by atoms with E-state index in [1.165, 1.54) is 13.2 Å². The van der Waals surface area contributed by atoms with E-state index < -0.39 is 10.9 Å². The van der Waals surface area contributed by atoms with E-state index in [0.29, 0.717) is 22.7 Å². The van der Waals surface area contributed by atoms with Crippen molar-refractivity contribution in [2.75, 3.05) is 12.4 Å². The number of non-ortho nitro benzene ring substituents is 1. The third kappa shape index (κ3) is 3.24. The molecule has 2 aromatic carbocycles. The van der Waals surface area contributed by atoms with Gasteiger partial charge in [0, 0.05) is 17.2 Å². The van der Waals surface area contributed by atoms with Crippen molar-refractivity contribution in [3.63, 3.8) is 0 Å². The number of methoxy groups -OCH3 is 1. The summed E-state index contributed by atoms with van der Waals surface area (Å²) in [5, 5.41) is 15.0. The lowest BCUT2D eigenvalue weighted by Gasteiger charge is -2.41. The number of nitro benzene ring substituents is 1. The van der Waals surface area contributed by atoms with E-state index in [-0.39, 0.29) is 17.1 Å². The molecule has 0 amide bonds. The molecule has 7 heteroatoms. The zero-order valence-electron chi connectivity index (χ0n) is 14.7. The van der Waals surface area contributed by atoms with Crippen LogP contribution in [0.5, 0.6) is 0 Å². The van der Waals surface area contributed by atoms with Crippen LogP contribution < -0.4 is 5.32 Å². The smallest absolute Gasteiger partial charge is 0.340 e. The topological polar surface area (TPSA) is 81.5 Å². The zero-order chi connectivity index (χ0) is 19.1. The maximum absolute atomic E-state index is 12.2. The Kier molecular flexibility index (Phi) is 4.63. The van der Waals surface area contributed by atoms with Gasteiger partial charge in [0.15, 0.2) is 0 Å². The third-order valence-electron chi connectivity index (χ3n) is 4.72. The Morgan fingerprint density at radius 1 is 1.35 bits per heavy atom. The Morgan fingerprint density at radius 2 is 2.08 bits per heavy atom. The average molecular weight is 375 g/mol. The van der Waals surface area contributed by atoms with E-state index in [1.807, 2.05) is 12.1 Å². The number of anilines is 1. The molecule has 2 aromatic rings. The SMILES string of the molecule is COC(=O)c1cc(Cl)cc2c1NC(c1cccc([N+](=O)[O-])c1)C(C)(C)C2. The molecule has 136 valence electrons. The van der Waals surface area contributed by atoms with E-state index in [2.05, 4.69) is 19.2 Å². The first-order valence-electron chi connectivity index (χ1n) is 8.14. The number of fused-ring (bicyclic) bond motifs is 1. The molecule has 1 atom stereocenters. The molecule has 0 bridgehead atoms. The molecule has 6 nitrogen and oxygen atoms in total. The van der Waals surface area contributed by atoms with Gasteiger partial charge in [-0.25, -0.2) is 4.79 Å². The highest BCUT2D eigenvalue weighted by Gasteiger charge is 2.38. The second-order valence-electron chi connectivity index (χ2n) is 7.07. The summed E-state index contributed by atoms with van der Waals surface area (Å²) in [5.41, 5.74) is 2.53. The number of ether oxygens (including phenoxy) is 1. The van der Waals surface area contributed by atoms with Gasteiger partial charge in [0.25, 0.3) is 5.69 Å². The van der Waals surface area contributed by atoms with E-state index in [0.717, 1.165) is 11.1 Å². The summed E-state index contributed by atoms with van der Waals surface area (Å²) >= 11 is 6.17. The number of benzene rings is 2. The first-order valence-corrected chi connectivity index (χ1v) is 8.52. The van der Waals surface area contributed by atoms with Gasteiger partial charge in [-0.15, -0.1) is 0 Å². The molecule has 0 fully saturated rings. The van der Waals surface area contributed by atoms with Crippen LogP contribution in [0, 0.1) is 15.5 Å². The number of rotatable bonds is 3. The van der Waals surface area contributed by atoms with E-state index in [4.69, 9.17) is 16.3 Å². The van der Waals surface area contributed by atoms with E-state index in [9.17, 15) is 14.9 Å². The van der Waals surface area contributed by atoms with Crippen LogP contribution in [0.15, 0.2) is 36.4 Å². The molecular weight excluding hydrogens is 356 g/mol. The summed E-state index contributed by atoms with van der Waals surface area (Å²) in [6, 6.07) is 9.75. The molecule has 26 heavy (non-hydrogen) atoms. The lowest BCUT2D eigenvalue weighted by atomic mass is 9.72. The molecule has 0 saturated carbocycles. The van der Waals surface area contributed by atoms with Crippen molar-refractivity contribution in [1.82, 2.24) is 0 Å². The van der Waals surface area contributed by atoms with Gasteiger partial charge in [-0.1, -0.05) is 37.6 Å². The van der Waals surface area contributed by atoms with Crippen molar-refractivity contribution in [2.24, 2.45) is 5.41 Å². The molecule has 1 heterocycles. The van der Waals surface area contributed by atoms with Gasteiger partial charge in [0.05, 0.1) is 29.3 Å². The van der Waals surface area contributed by atoms with Crippen molar-refractivity contribution in [3.05, 3.63) is 68.2 Å².